The summed E-state index contributed by atoms with van der Waals surface area (Å²) in [5.74, 6) is 0.350. The number of fused-ring (bicyclic) bond motifs is 1. The number of rotatable bonds is 6. The first-order chi connectivity index (χ1) is 11.7. The minimum Gasteiger partial charge on any atom is -0.496 e. The molecule has 24 heavy (non-hydrogen) atoms. The van der Waals surface area contributed by atoms with Gasteiger partial charge in [-0.15, -0.1) is 0 Å². The number of hydrogen-bond acceptors (Lipinski definition) is 4. The van der Waals surface area contributed by atoms with Gasteiger partial charge in [0, 0.05) is 29.8 Å². The smallest absolute Gasteiger partial charge is 0.341 e. The third-order valence-electron chi connectivity index (χ3n) is 3.79. The first-order valence-electron chi connectivity index (χ1n) is 7.51. The molecule has 5 heteroatoms. The average Bonchev–Trinajstić information content (AvgIpc) is 2.61. The molecule has 0 saturated carbocycles. The van der Waals surface area contributed by atoms with E-state index in [9.17, 15) is 4.79 Å². The SMILES string of the molecule is COc1ccc(Cc2cnccc2OCC(=O)O)c2ccccc12. The molecule has 0 fully saturated rings. The molecule has 0 spiro atoms. The van der Waals surface area contributed by atoms with E-state index in [0.717, 1.165) is 27.6 Å². The Morgan fingerprint density at radius 1 is 1.04 bits per heavy atom. The van der Waals surface area contributed by atoms with Crippen LogP contribution in [0.2, 0.25) is 0 Å². The number of ether oxygens (including phenoxy) is 2. The van der Waals surface area contributed by atoms with Gasteiger partial charge in [-0.3, -0.25) is 4.98 Å². The van der Waals surface area contributed by atoms with E-state index in [1.807, 2.05) is 36.4 Å². The molecule has 1 aromatic heterocycles. The summed E-state index contributed by atoms with van der Waals surface area (Å²) in [6.07, 6.45) is 3.89. The van der Waals surface area contributed by atoms with Crippen molar-refractivity contribution in [2.24, 2.45) is 0 Å². The van der Waals surface area contributed by atoms with E-state index < -0.39 is 5.97 Å². The maximum Gasteiger partial charge on any atom is 0.341 e. The van der Waals surface area contributed by atoms with Gasteiger partial charge in [0.25, 0.3) is 0 Å². The molecule has 3 aromatic rings. The molecular weight excluding hydrogens is 306 g/mol. The topological polar surface area (TPSA) is 68.7 Å². The maximum atomic E-state index is 10.7. The van der Waals surface area contributed by atoms with E-state index in [0.29, 0.717) is 12.2 Å². The van der Waals surface area contributed by atoms with Crippen LogP contribution in [-0.2, 0) is 11.2 Å². The Hall–Kier alpha value is -3.08. The van der Waals surface area contributed by atoms with Gasteiger partial charge in [-0.1, -0.05) is 30.3 Å². The number of methoxy groups -OCH3 is 1. The number of pyridine rings is 1. The van der Waals surface area contributed by atoms with Crippen molar-refractivity contribution in [1.29, 1.82) is 0 Å². The predicted molar refractivity (Wildman–Crippen MR) is 90.7 cm³/mol. The molecule has 0 saturated heterocycles. The summed E-state index contributed by atoms with van der Waals surface area (Å²) < 4.78 is 10.8. The highest BCUT2D eigenvalue weighted by atomic mass is 16.5. The molecule has 1 N–H and O–H groups in total. The number of aliphatic carboxylic acids is 1. The fourth-order valence-electron chi connectivity index (χ4n) is 2.70. The van der Waals surface area contributed by atoms with Crippen molar-refractivity contribution in [1.82, 2.24) is 4.98 Å². The van der Waals surface area contributed by atoms with Crippen molar-refractivity contribution in [3.63, 3.8) is 0 Å². The Morgan fingerprint density at radius 2 is 1.83 bits per heavy atom. The Kier molecular flexibility index (Phi) is 4.61. The highest BCUT2D eigenvalue weighted by molar-refractivity contribution is 5.91. The summed E-state index contributed by atoms with van der Waals surface area (Å²) in [6.45, 7) is -0.375. The molecular formula is C19H17NO4. The number of carboxylic acids is 1. The number of nitrogens with zero attached hydrogens (tertiary/aromatic N) is 1. The van der Waals surface area contributed by atoms with Crippen molar-refractivity contribution in [3.8, 4) is 11.5 Å². The Morgan fingerprint density at radius 3 is 2.58 bits per heavy atom. The molecule has 0 radical (unpaired) electrons. The van der Waals surface area contributed by atoms with Crippen LogP contribution in [0.4, 0.5) is 0 Å². The zero-order chi connectivity index (χ0) is 16.9. The van der Waals surface area contributed by atoms with Crippen LogP contribution in [0.5, 0.6) is 11.5 Å². The van der Waals surface area contributed by atoms with Gasteiger partial charge in [0.1, 0.15) is 11.5 Å². The number of carbonyl (C=O) groups is 1. The minimum atomic E-state index is -1.01. The first-order valence-corrected chi connectivity index (χ1v) is 7.51. The normalized spacial score (nSPS) is 10.5. The Bertz CT molecular complexity index is 876. The van der Waals surface area contributed by atoms with Crippen LogP contribution in [0.25, 0.3) is 10.8 Å². The largest absolute Gasteiger partial charge is 0.496 e. The van der Waals surface area contributed by atoms with E-state index in [4.69, 9.17) is 14.6 Å². The molecule has 0 aliphatic heterocycles. The molecule has 5 nitrogen and oxygen atoms in total. The summed E-state index contributed by atoms with van der Waals surface area (Å²) in [6, 6.07) is 13.6. The van der Waals surface area contributed by atoms with Crippen LogP contribution in [0.3, 0.4) is 0 Å². The third kappa shape index (κ3) is 3.30. The molecule has 0 aliphatic rings. The van der Waals surface area contributed by atoms with Gasteiger partial charge in [0.2, 0.25) is 0 Å². The van der Waals surface area contributed by atoms with Crippen molar-refractivity contribution < 1.29 is 19.4 Å². The van der Waals surface area contributed by atoms with Crippen LogP contribution < -0.4 is 9.47 Å². The van der Waals surface area contributed by atoms with Gasteiger partial charge in [0.15, 0.2) is 6.61 Å². The number of hydrogen-bond donors (Lipinski definition) is 1. The van der Waals surface area contributed by atoms with E-state index in [-0.39, 0.29) is 6.61 Å². The second-order valence-electron chi connectivity index (χ2n) is 5.32. The van der Waals surface area contributed by atoms with Gasteiger partial charge in [0.05, 0.1) is 7.11 Å². The standard InChI is InChI=1S/C19H17NO4/c1-23-18-7-6-13(15-4-2-3-5-16(15)18)10-14-11-20-9-8-17(14)24-12-19(21)22/h2-9,11H,10,12H2,1H3,(H,21,22). The number of carboxylic acid groups (broad SMARTS) is 1. The van der Waals surface area contributed by atoms with Crippen LogP contribution in [0, 0.1) is 0 Å². The fraction of sp³-hybridized carbons (Fsp3) is 0.158. The van der Waals surface area contributed by atoms with Crippen LogP contribution in [0.15, 0.2) is 54.9 Å². The van der Waals surface area contributed by atoms with E-state index >= 15 is 0 Å². The molecule has 2 aromatic carbocycles. The summed E-state index contributed by atoms with van der Waals surface area (Å²) >= 11 is 0. The molecule has 122 valence electrons. The van der Waals surface area contributed by atoms with Gasteiger partial charge in [-0.05, 0) is 23.1 Å². The zero-order valence-corrected chi connectivity index (χ0v) is 13.2. The van der Waals surface area contributed by atoms with Gasteiger partial charge >= 0.3 is 5.97 Å². The highest BCUT2D eigenvalue weighted by Crippen LogP contribution is 2.31. The van der Waals surface area contributed by atoms with Gasteiger partial charge in [-0.25, -0.2) is 4.79 Å². The second kappa shape index (κ2) is 7.00. The molecule has 0 atom stereocenters. The Balaban J connectivity index is 1.98. The number of aromatic nitrogens is 1. The van der Waals surface area contributed by atoms with E-state index in [1.54, 1.807) is 25.6 Å². The van der Waals surface area contributed by atoms with Crippen LogP contribution in [-0.4, -0.2) is 29.8 Å². The average molecular weight is 323 g/mol. The lowest BCUT2D eigenvalue weighted by atomic mass is 9.98. The lowest BCUT2D eigenvalue weighted by Crippen LogP contribution is -2.10. The lowest BCUT2D eigenvalue weighted by molar-refractivity contribution is -0.139. The molecule has 0 bridgehead atoms. The van der Waals surface area contributed by atoms with Crippen LogP contribution >= 0.6 is 0 Å². The summed E-state index contributed by atoms with van der Waals surface area (Å²) in [5.41, 5.74) is 1.94. The third-order valence-corrected chi connectivity index (χ3v) is 3.79. The molecule has 3 rings (SSSR count). The van der Waals surface area contributed by atoms with E-state index in [1.165, 1.54) is 0 Å². The van der Waals surface area contributed by atoms with Gasteiger partial charge in [-0.2, -0.15) is 0 Å². The summed E-state index contributed by atoms with van der Waals surface area (Å²) in [4.78, 5) is 14.9. The second-order valence-corrected chi connectivity index (χ2v) is 5.32. The predicted octanol–water partition coefficient (Wildman–Crippen LogP) is 3.30. The van der Waals surface area contributed by atoms with E-state index in [2.05, 4.69) is 4.98 Å². The molecule has 0 amide bonds. The monoisotopic (exact) mass is 323 g/mol. The van der Waals surface area contributed by atoms with Gasteiger partial charge < -0.3 is 14.6 Å². The maximum absolute atomic E-state index is 10.7. The van der Waals surface area contributed by atoms with Crippen molar-refractivity contribution in [2.45, 2.75) is 6.42 Å². The number of benzene rings is 2. The summed E-state index contributed by atoms with van der Waals surface area (Å²) in [7, 11) is 1.65. The molecule has 0 unspecified atom stereocenters. The quantitative estimate of drug-likeness (QED) is 0.754. The highest BCUT2D eigenvalue weighted by Gasteiger charge is 2.11. The molecule has 0 aliphatic carbocycles. The van der Waals surface area contributed by atoms with Crippen molar-refractivity contribution in [2.75, 3.05) is 13.7 Å². The first kappa shape index (κ1) is 15.8. The zero-order valence-electron chi connectivity index (χ0n) is 13.2. The summed E-state index contributed by atoms with van der Waals surface area (Å²) in [5, 5.41) is 10.9. The minimum absolute atomic E-state index is 0.375. The van der Waals surface area contributed by atoms with Crippen molar-refractivity contribution >= 4 is 16.7 Å². The Labute approximate surface area is 139 Å². The van der Waals surface area contributed by atoms with Crippen LogP contribution in [0.1, 0.15) is 11.1 Å². The van der Waals surface area contributed by atoms with Crippen molar-refractivity contribution in [3.05, 3.63) is 66.0 Å². The lowest BCUT2D eigenvalue weighted by Gasteiger charge is -2.13. The molecule has 1 heterocycles. The fourth-order valence-corrected chi connectivity index (χ4v) is 2.70.